The topological polar surface area (TPSA) is 75.6 Å². The van der Waals surface area contributed by atoms with Crippen LogP contribution < -0.4 is 0 Å². The molecule has 4 aliphatic rings. The van der Waals surface area contributed by atoms with Crippen LogP contribution in [0.5, 0.6) is 0 Å². The molecular weight excluding hydrogens is 817 g/mol. The third kappa shape index (κ3) is 7.67. The van der Waals surface area contributed by atoms with E-state index in [1.54, 1.807) is 6.07 Å². The fourth-order valence-corrected chi connectivity index (χ4v) is 14.6. The Morgan fingerprint density at radius 1 is 0.463 bits per heavy atom. The maximum atomic E-state index is 9.68. The number of nitrogens with zero attached hydrogens (tertiary/aromatic N) is 4. The van der Waals surface area contributed by atoms with Crippen LogP contribution in [0.3, 0.4) is 0 Å². The van der Waals surface area contributed by atoms with E-state index < -0.39 is 0 Å². The zero-order chi connectivity index (χ0) is 45.4. The fourth-order valence-electron chi connectivity index (χ4n) is 14.6. The van der Waals surface area contributed by atoms with Gasteiger partial charge >= 0.3 is 0 Å². The van der Waals surface area contributed by atoms with E-state index in [4.69, 9.17) is 19.4 Å². The highest BCUT2D eigenvalue weighted by atomic mass is 16.3. The second-order valence-corrected chi connectivity index (χ2v) is 22.1. The van der Waals surface area contributed by atoms with E-state index in [0.29, 0.717) is 39.4 Å². The molecule has 4 aliphatic carbocycles. The minimum absolute atomic E-state index is 0.319. The third-order valence-corrected chi connectivity index (χ3v) is 16.7. The van der Waals surface area contributed by atoms with Gasteiger partial charge in [-0.2, -0.15) is 5.26 Å². The minimum atomic E-state index is 0.319. The predicted octanol–water partition coefficient (Wildman–Crippen LogP) is 16.2. The van der Waals surface area contributed by atoms with Crippen LogP contribution in [-0.4, -0.2) is 15.0 Å². The van der Waals surface area contributed by atoms with Crippen molar-refractivity contribution in [1.29, 1.82) is 5.26 Å². The molecule has 0 saturated heterocycles. The van der Waals surface area contributed by atoms with Gasteiger partial charge in [0.15, 0.2) is 17.5 Å². The number of benzene rings is 6. The summed E-state index contributed by atoms with van der Waals surface area (Å²) in [5, 5.41) is 11.5. The number of hydrogen-bond donors (Lipinski definition) is 0. The summed E-state index contributed by atoms with van der Waals surface area (Å²) in [4.78, 5) is 15.5. The van der Waals surface area contributed by atoms with E-state index in [0.717, 1.165) is 68.6 Å². The number of furan rings is 1. The van der Waals surface area contributed by atoms with Crippen molar-refractivity contribution in [3.63, 3.8) is 0 Å². The lowest BCUT2D eigenvalue weighted by atomic mass is 9.54. The van der Waals surface area contributed by atoms with Gasteiger partial charge < -0.3 is 4.42 Å². The van der Waals surface area contributed by atoms with E-state index >= 15 is 0 Å². The number of rotatable bonds is 7. The van der Waals surface area contributed by atoms with Crippen LogP contribution in [0.15, 0.2) is 138 Å². The molecule has 5 heteroatoms. The summed E-state index contributed by atoms with van der Waals surface area (Å²) in [6.07, 6.45) is 13.5. The number of fused-ring (bicyclic) bond motifs is 7. The van der Waals surface area contributed by atoms with Crippen molar-refractivity contribution in [1.82, 2.24) is 15.0 Å². The van der Waals surface area contributed by atoms with Crippen molar-refractivity contribution in [2.24, 2.45) is 35.5 Å². The number of nitriles is 1. The molecule has 12 rings (SSSR count). The summed E-state index contributed by atoms with van der Waals surface area (Å²) >= 11 is 0. The Hall–Kier alpha value is -6.38. The van der Waals surface area contributed by atoms with Gasteiger partial charge in [-0.15, -0.1) is 0 Å². The summed E-state index contributed by atoms with van der Waals surface area (Å²) in [6, 6.07) is 50.3. The number of para-hydroxylation sites is 1. The molecule has 5 nitrogen and oxygen atoms in total. The normalized spacial score (nSPS) is 26.9. The first-order valence-electron chi connectivity index (χ1n) is 25.1. The first kappa shape index (κ1) is 42.0. The third-order valence-electron chi connectivity index (χ3n) is 16.7. The van der Waals surface area contributed by atoms with Crippen LogP contribution in [0, 0.1) is 46.8 Å². The van der Waals surface area contributed by atoms with E-state index in [-0.39, 0.29) is 0 Å². The average molecular weight is 877 g/mol. The van der Waals surface area contributed by atoms with Crippen molar-refractivity contribution >= 4 is 21.9 Å². The molecule has 8 aromatic rings. The quantitative estimate of drug-likeness (QED) is 0.159. The van der Waals surface area contributed by atoms with E-state index in [1.165, 1.54) is 97.6 Å². The molecule has 0 aliphatic heterocycles. The first-order valence-corrected chi connectivity index (χ1v) is 25.1. The van der Waals surface area contributed by atoms with Crippen molar-refractivity contribution in [3.8, 4) is 62.5 Å². The second kappa shape index (κ2) is 16.4. The molecule has 6 aromatic carbocycles. The van der Waals surface area contributed by atoms with E-state index in [9.17, 15) is 5.26 Å². The maximum absolute atomic E-state index is 9.68. The zero-order valence-corrected chi connectivity index (χ0v) is 39.4. The lowest BCUT2D eigenvalue weighted by Crippen LogP contribution is -2.42. The molecule has 6 atom stereocenters. The van der Waals surface area contributed by atoms with Gasteiger partial charge in [-0.3, -0.25) is 0 Å². The largest absolute Gasteiger partial charge is 0.455 e. The van der Waals surface area contributed by atoms with Gasteiger partial charge in [-0.1, -0.05) is 137 Å². The highest BCUT2D eigenvalue weighted by Crippen LogP contribution is 2.55. The molecule has 4 saturated carbocycles. The van der Waals surface area contributed by atoms with E-state index in [1.807, 2.05) is 30.3 Å². The van der Waals surface area contributed by atoms with Crippen LogP contribution in [0.4, 0.5) is 0 Å². The molecule has 2 aromatic heterocycles. The van der Waals surface area contributed by atoms with Gasteiger partial charge in [0, 0.05) is 21.9 Å². The van der Waals surface area contributed by atoms with Gasteiger partial charge in [0.2, 0.25) is 0 Å². The Morgan fingerprint density at radius 2 is 0.881 bits per heavy atom. The van der Waals surface area contributed by atoms with Crippen LogP contribution >= 0.6 is 0 Å². The Bertz CT molecular complexity index is 2990. The van der Waals surface area contributed by atoms with Crippen LogP contribution in [0.25, 0.3) is 78.4 Å². The van der Waals surface area contributed by atoms with Crippen LogP contribution in [-0.2, 0) is 10.8 Å². The minimum Gasteiger partial charge on any atom is -0.455 e. The van der Waals surface area contributed by atoms with Gasteiger partial charge in [-0.25, -0.2) is 15.0 Å². The van der Waals surface area contributed by atoms with E-state index in [2.05, 4.69) is 131 Å². The maximum Gasteiger partial charge on any atom is 0.167 e. The summed E-state index contributed by atoms with van der Waals surface area (Å²) < 4.78 is 6.51. The Morgan fingerprint density at radius 3 is 1.33 bits per heavy atom. The smallest absolute Gasteiger partial charge is 0.167 e. The number of hydrogen-bond acceptors (Lipinski definition) is 5. The Balaban J connectivity index is 0.880. The first-order chi connectivity index (χ1) is 32.6. The van der Waals surface area contributed by atoms with Gasteiger partial charge in [0.1, 0.15) is 11.2 Å². The highest BCUT2D eigenvalue weighted by Gasteiger charge is 2.46. The summed E-state index contributed by atoms with van der Waals surface area (Å²) in [5.41, 5.74) is 13.1. The molecule has 67 heavy (non-hydrogen) atoms. The Labute approximate surface area is 395 Å². The lowest BCUT2D eigenvalue weighted by Gasteiger charge is -2.50. The van der Waals surface area contributed by atoms with Crippen LogP contribution in [0.2, 0.25) is 0 Å². The number of aromatic nitrogens is 3. The average Bonchev–Trinajstić information content (AvgIpc) is 3.71. The highest BCUT2D eigenvalue weighted by molar-refractivity contribution is 6.09. The lowest BCUT2D eigenvalue weighted by molar-refractivity contribution is 0.0779. The van der Waals surface area contributed by atoms with Crippen LogP contribution in [0.1, 0.15) is 109 Å². The van der Waals surface area contributed by atoms with Gasteiger partial charge in [0.05, 0.1) is 17.2 Å². The molecular formula is C62H60N4O. The zero-order valence-electron chi connectivity index (χ0n) is 39.4. The summed E-state index contributed by atoms with van der Waals surface area (Å²) in [5.74, 6) is 6.63. The standard InChI is InChI=1S/C62H60N4O/c1-38-26-43-27-39(2)32-61(31-38,35-43)51-21-17-47(18-22-51)45-9-13-49(14-10-45)58-64-59(66-60(65-58)54-7-5-6-53-55-30-42(37-63)8-25-56(55)67-57(53)54)50-15-11-46(12-16-50)48-19-23-52(24-20-48)62-33-40(3)28-44(36-62)29-41(4)34-62/h5-25,30,38-41,43-44H,26-29,31-36H2,1-4H3/t38-,39-,40-,41+,43?,44?,61?,62?/m0/s1. The molecule has 2 heterocycles. The molecule has 0 radical (unpaired) electrons. The summed E-state index contributed by atoms with van der Waals surface area (Å²) in [7, 11) is 0. The second-order valence-electron chi connectivity index (χ2n) is 22.1. The molecule has 2 unspecified atom stereocenters. The Kier molecular flexibility index (Phi) is 10.3. The SMILES string of the molecule is C[C@@H]1CC2C[C@H](C)CC(c3ccc(-c4ccc(-c5nc(-c6ccc(-c7ccc(C89CC(C[C@H](C)C8)C[C@H](C)C9)cc7)cc6)nc(-c6cccc7c6oc6ccc(C#N)cc67)n5)cc4)cc3)(C2)C1. The molecule has 4 fully saturated rings. The predicted molar refractivity (Wildman–Crippen MR) is 272 cm³/mol. The van der Waals surface area contributed by atoms with Crippen molar-refractivity contribution < 1.29 is 4.42 Å². The monoisotopic (exact) mass is 876 g/mol. The van der Waals surface area contributed by atoms with Crippen molar-refractivity contribution in [2.75, 3.05) is 0 Å². The molecule has 4 bridgehead atoms. The molecule has 0 amide bonds. The molecule has 0 spiro atoms. The van der Waals surface area contributed by atoms with Crippen molar-refractivity contribution in [3.05, 3.63) is 150 Å². The molecule has 334 valence electrons. The van der Waals surface area contributed by atoms with Crippen molar-refractivity contribution in [2.45, 2.75) is 103 Å². The van der Waals surface area contributed by atoms with Gasteiger partial charge in [-0.05, 0) is 168 Å². The fraction of sp³-hybridized carbons (Fsp3) is 0.355. The molecule has 0 N–H and O–H groups in total. The van der Waals surface area contributed by atoms with Gasteiger partial charge in [0.25, 0.3) is 0 Å². The summed E-state index contributed by atoms with van der Waals surface area (Å²) in [6.45, 7) is 9.86.